The van der Waals surface area contributed by atoms with Crippen LogP contribution in [0.1, 0.15) is 20.8 Å². The van der Waals surface area contributed by atoms with Gasteiger partial charge in [-0.3, -0.25) is 4.79 Å². The zero-order valence-corrected chi connectivity index (χ0v) is 12.1. The van der Waals surface area contributed by atoms with Crippen molar-refractivity contribution in [2.45, 2.75) is 26.8 Å². The van der Waals surface area contributed by atoms with Crippen molar-refractivity contribution in [3.8, 4) is 0 Å². The zero-order valence-electron chi connectivity index (χ0n) is 10.6. The summed E-state index contributed by atoms with van der Waals surface area (Å²) in [7, 11) is 0. The third-order valence-electron chi connectivity index (χ3n) is 2.21. The van der Waals surface area contributed by atoms with Crippen LogP contribution in [0.4, 0.5) is 5.69 Å². The van der Waals surface area contributed by atoms with Crippen molar-refractivity contribution in [3.05, 3.63) is 16.4 Å². The van der Waals surface area contributed by atoms with Crippen LogP contribution in [0.3, 0.4) is 0 Å². The lowest BCUT2D eigenvalue weighted by Crippen LogP contribution is -2.40. The van der Waals surface area contributed by atoms with Gasteiger partial charge in [0.05, 0.1) is 12.2 Å². The van der Waals surface area contributed by atoms with Crippen molar-refractivity contribution in [1.29, 1.82) is 0 Å². The van der Waals surface area contributed by atoms with Gasteiger partial charge >= 0.3 is 0 Å². The lowest BCUT2D eigenvalue weighted by Gasteiger charge is -2.23. The maximum absolute atomic E-state index is 11.7. The minimum atomic E-state index is -0.0733. The Kier molecular flexibility index (Phi) is 5.62. The molecule has 0 unspecified atom stereocenters. The molecule has 1 aromatic heterocycles. The summed E-state index contributed by atoms with van der Waals surface area (Å²) in [4.78, 5) is 13.5. The molecule has 0 fully saturated rings. The highest BCUT2D eigenvalue weighted by molar-refractivity contribution is 6.33. The van der Waals surface area contributed by atoms with Crippen LogP contribution in [0.15, 0.2) is 6.07 Å². The lowest BCUT2D eigenvalue weighted by atomic mass is 10.3. The minimum Gasteiger partial charge on any atom is -0.360 e. The number of rotatable bonds is 5. The van der Waals surface area contributed by atoms with Gasteiger partial charge in [-0.1, -0.05) is 23.2 Å². The van der Waals surface area contributed by atoms with Gasteiger partial charge in [-0.05, 0) is 20.8 Å². The SMILES string of the molecule is CCN(CC(=O)NC(C)C)c1cc(Cl)nnc1Cl. The molecule has 0 aromatic carbocycles. The maximum atomic E-state index is 11.7. The molecule has 1 amide bonds. The van der Waals surface area contributed by atoms with E-state index in [4.69, 9.17) is 23.2 Å². The average molecular weight is 291 g/mol. The Morgan fingerprint density at radius 2 is 2.11 bits per heavy atom. The second-order valence-electron chi connectivity index (χ2n) is 4.08. The number of halogens is 2. The molecule has 100 valence electrons. The molecule has 7 heteroatoms. The quantitative estimate of drug-likeness (QED) is 0.903. The normalized spacial score (nSPS) is 10.6. The van der Waals surface area contributed by atoms with Gasteiger partial charge in [0.25, 0.3) is 0 Å². The minimum absolute atomic E-state index is 0.0733. The molecule has 1 rings (SSSR count). The molecule has 1 heterocycles. The summed E-state index contributed by atoms with van der Waals surface area (Å²) in [5.41, 5.74) is 0.609. The van der Waals surface area contributed by atoms with E-state index in [1.165, 1.54) is 0 Å². The summed E-state index contributed by atoms with van der Waals surface area (Å²) in [5.74, 6) is -0.0733. The molecule has 0 saturated carbocycles. The van der Waals surface area contributed by atoms with E-state index >= 15 is 0 Å². The largest absolute Gasteiger partial charge is 0.360 e. The van der Waals surface area contributed by atoms with Gasteiger partial charge in [0, 0.05) is 18.7 Å². The molecule has 0 atom stereocenters. The van der Waals surface area contributed by atoms with E-state index in [0.717, 1.165) is 0 Å². The number of aromatic nitrogens is 2. The van der Waals surface area contributed by atoms with Crippen molar-refractivity contribution >= 4 is 34.8 Å². The van der Waals surface area contributed by atoms with Gasteiger partial charge in [-0.15, -0.1) is 10.2 Å². The Morgan fingerprint density at radius 1 is 1.44 bits per heavy atom. The first kappa shape index (κ1) is 15.0. The van der Waals surface area contributed by atoms with Crippen molar-refractivity contribution in [2.75, 3.05) is 18.0 Å². The molecule has 1 N–H and O–H groups in total. The summed E-state index contributed by atoms with van der Waals surface area (Å²) < 4.78 is 0. The smallest absolute Gasteiger partial charge is 0.239 e. The lowest BCUT2D eigenvalue weighted by molar-refractivity contribution is -0.120. The molecule has 0 aliphatic heterocycles. The monoisotopic (exact) mass is 290 g/mol. The Morgan fingerprint density at radius 3 is 2.67 bits per heavy atom. The molecule has 0 aliphatic rings. The number of anilines is 1. The molecule has 0 radical (unpaired) electrons. The molecular formula is C11H16Cl2N4O. The van der Waals surface area contributed by atoms with Gasteiger partial charge in [0.15, 0.2) is 10.3 Å². The first-order valence-corrected chi connectivity index (χ1v) is 6.42. The molecule has 0 spiro atoms. The number of carbonyl (C=O) groups is 1. The van der Waals surface area contributed by atoms with Crippen LogP contribution in [-0.2, 0) is 4.79 Å². The van der Waals surface area contributed by atoms with Gasteiger partial charge in [0.1, 0.15) is 0 Å². The average Bonchev–Trinajstić information content (AvgIpc) is 2.28. The fourth-order valence-corrected chi connectivity index (χ4v) is 1.83. The molecule has 0 aliphatic carbocycles. The van der Waals surface area contributed by atoms with E-state index in [1.807, 2.05) is 20.8 Å². The number of nitrogens with one attached hydrogen (secondary N) is 1. The third kappa shape index (κ3) is 4.31. The predicted octanol–water partition coefficient (Wildman–Crippen LogP) is 2.13. The van der Waals surface area contributed by atoms with Crippen LogP contribution in [0.25, 0.3) is 0 Å². The third-order valence-corrected chi connectivity index (χ3v) is 2.66. The van der Waals surface area contributed by atoms with Gasteiger partial charge in [-0.25, -0.2) is 0 Å². The standard InChI is InChI=1S/C11H16Cl2N4O/c1-4-17(6-10(18)14-7(2)3)8-5-9(12)15-16-11(8)13/h5,7H,4,6H2,1-3H3,(H,14,18). The fraction of sp³-hybridized carbons (Fsp3) is 0.545. The van der Waals surface area contributed by atoms with E-state index < -0.39 is 0 Å². The molecule has 5 nitrogen and oxygen atoms in total. The first-order chi connectivity index (χ1) is 8.43. The predicted molar refractivity (Wildman–Crippen MR) is 73.2 cm³/mol. The van der Waals surface area contributed by atoms with E-state index in [9.17, 15) is 4.79 Å². The molecule has 0 saturated heterocycles. The molecule has 0 bridgehead atoms. The Balaban J connectivity index is 2.83. The molecular weight excluding hydrogens is 275 g/mol. The Hall–Kier alpha value is -1.07. The first-order valence-electron chi connectivity index (χ1n) is 5.67. The zero-order chi connectivity index (χ0) is 13.7. The van der Waals surface area contributed by atoms with Crippen molar-refractivity contribution in [2.24, 2.45) is 0 Å². The highest BCUT2D eigenvalue weighted by atomic mass is 35.5. The maximum Gasteiger partial charge on any atom is 0.239 e. The van der Waals surface area contributed by atoms with E-state index in [1.54, 1.807) is 11.0 Å². The number of likely N-dealkylation sites (N-methyl/N-ethyl adjacent to an activating group) is 1. The molecule has 1 aromatic rings. The molecule has 18 heavy (non-hydrogen) atoms. The van der Waals surface area contributed by atoms with Crippen LogP contribution in [0.2, 0.25) is 10.3 Å². The number of nitrogens with zero attached hydrogens (tertiary/aromatic N) is 3. The summed E-state index contributed by atoms with van der Waals surface area (Å²) >= 11 is 11.7. The summed E-state index contributed by atoms with van der Waals surface area (Å²) in [5, 5.41) is 10.7. The number of amides is 1. The van der Waals surface area contributed by atoms with E-state index in [0.29, 0.717) is 12.2 Å². The number of carbonyl (C=O) groups excluding carboxylic acids is 1. The van der Waals surface area contributed by atoms with E-state index in [-0.39, 0.29) is 28.8 Å². The van der Waals surface area contributed by atoms with Crippen molar-refractivity contribution in [1.82, 2.24) is 15.5 Å². The second-order valence-corrected chi connectivity index (χ2v) is 4.82. The number of hydrogen-bond acceptors (Lipinski definition) is 4. The van der Waals surface area contributed by atoms with E-state index in [2.05, 4.69) is 15.5 Å². The van der Waals surface area contributed by atoms with Gasteiger partial charge in [0.2, 0.25) is 5.91 Å². The number of hydrogen-bond donors (Lipinski definition) is 1. The second kappa shape index (κ2) is 6.75. The van der Waals surface area contributed by atoms with Gasteiger partial charge < -0.3 is 10.2 Å². The summed E-state index contributed by atoms with van der Waals surface area (Å²) in [6.45, 7) is 6.56. The summed E-state index contributed by atoms with van der Waals surface area (Å²) in [6.07, 6.45) is 0. The Bertz CT molecular complexity index is 426. The van der Waals surface area contributed by atoms with Crippen LogP contribution < -0.4 is 10.2 Å². The van der Waals surface area contributed by atoms with Gasteiger partial charge in [-0.2, -0.15) is 0 Å². The highest BCUT2D eigenvalue weighted by Gasteiger charge is 2.15. The summed E-state index contributed by atoms with van der Waals surface area (Å²) in [6, 6.07) is 1.70. The van der Waals surface area contributed by atoms with Crippen LogP contribution in [-0.4, -0.2) is 35.2 Å². The topological polar surface area (TPSA) is 58.1 Å². The van der Waals surface area contributed by atoms with Crippen LogP contribution >= 0.6 is 23.2 Å². The fourth-order valence-electron chi connectivity index (χ4n) is 1.47. The van der Waals surface area contributed by atoms with Crippen molar-refractivity contribution in [3.63, 3.8) is 0 Å². The highest BCUT2D eigenvalue weighted by Crippen LogP contribution is 2.24. The van der Waals surface area contributed by atoms with Crippen LogP contribution in [0.5, 0.6) is 0 Å². The Labute approximate surface area is 116 Å². The van der Waals surface area contributed by atoms with Crippen LogP contribution in [0, 0.1) is 0 Å². The van der Waals surface area contributed by atoms with Crippen molar-refractivity contribution < 1.29 is 4.79 Å².